The number of para-hydroxylation sites is 1. The van der Waals surface area contributed by atoms with Crippen LogP contribution in [0, 0.1) is 0 Å². The normalized spacial score (nSPS) is 16.1. The number of carbonyl (C=O) groups is 2. The van der Waals surface area contributed by atoms with E-state index >= 15 is 0 Å². The van der Waals surface area contributed by atoms with Crippen LogP contribution in [0.3, 0.4) is 0 Å². The highest BCUT2D eigenvalue weighted by molar-refractivity contribution is 6.30. The molecule has 0 saturated heterocycles. The summed E-state index contributed by atoms with van der Waals surface area (Å²) in [6.45, 7) is 0.178. The van der Waals surface area contributed by atoms with Crippen LogP contribution >= 0.6 is 11.6 Å². The molecule has 2 aromatic rings. The number of amides is 1. The Morgan fingerprint density at radius 2 is 2.22 bits per heavy atom. The maximum absolute atomic E-state index is 12.0. The van der Waals surface area contributed by atoms with Gasteiger partial charge in [0.15, 0.2) is 6.61 Å². The van der Waals surface area contributed by atoms with E-state index in [1.807, 2.05) is 24.3 Å². The van der Waals surface area contributed by atoms with Gasteiger partial charge in [0.05, 0.1) is 17.7 Å². The van der Waals surface area contributed by atoms with Crippen LogP contribution in [-0.2, 0) is 9.53 Å². The first kappa shape index (κ1) is 15.4. The minimum atomic E-state index is -0.626. The maximum Gasteiger partial charge on any atom is 0.355 e. The Bertz CT molecular complexity index is 728. The van der Waals surface area contributed by atoms with Crippen molar-refractivity contribution in [3.8, 4) is 5.75 Å². The third kappa shape index (κ3) is 3.65. The first-order valence-corrected chi connectivity index (χ1v) is 7.53. The maximum atomic E-state index is 12.0. The van der Waals surface area contributed by atoms with Crippen molar-refractivity contribution in [1.82, 2.24) is 10.3 Å². The Kier molecular flexibility index (Phi) is 4.52. The molecule has 2 N–H and O–H groups in total. The van der Waals surface area contributed by atoms with E-state index in [-0.39, 0.29) is 24.2 Å². The minimum absolute atomic E-state index is 0.147. The second kappa shape index (κ2) is 6.75. The van der Waals surface area contributed by atoms with Crippen LogP contribution in [0.1, 0.15) is 28.5 Å². The molecule has 1 atom stereocenters. The lowest BCUT2D eigenvalue weighted by atomic mass is 10.0. The highest BCUT2D eigenvalue weighted by Gasteiger charge is 2.23. The molecule has 0 aliphatic carbocycles. The molecule has 0 fully saturated rings. The molecule has 1 amide bonds. The van der Waals surface area contributed by atoms with Gasteiger partial charge >= 0.3 is 5.97 Å². The van der Waals surface area contributed by atoms with Crippen LogP contribution in [0.25, 0.3) is 0 Å². The van der Waals surface area contributed by atoms with Crippen LogP contribution in [0.4, 0.5) is 0 Å². The zero-order valence-electron chi connectivity index (χ0n) is 12.2. The molecule has 120 valence electrons. The standard InChI is InChI=1S/C16H15ClN2O4/c17-10-7-13(18-8-10)16(21)23-9-15(20)19-12-5-6-22-14-4-2-1-3-11(12)14/h1-4,7-8,12,18H,5-6,9H2,(H,19,20)/t12-/m1/s1. The van der Waals surface area contributed by atoms with Crippen LogP contribution < -0.4 is 10.1 Å². The van der Waals surface area contributed by atoms with Gasteiger partial charge in [-0.3, -0.25) is 4.79 Å². The number of benzene rings is 1. The highest BCUT2D eigenvalue weighted by atomic mass is 35.5. The fourth-order valence-corrected chi connectivity index (χ4v) is 2.59. The number of aromatic amines is 1. The summed E-state index contributed by atoms with van der Waals surface area (Å²) in [5.74, 6) is -0.223. The molecule has 0 radical (unpaired) electrons. The van der Waals surface area contributed by atoms with E-state index in [1.165, 1.54) is 12.3 Å². The van der Waals surface area contributed by atoms with Crippen LogP contribution in [0.5, 0.6) is 5.75 Å². The van der Waals surface area contributed by atoms with Crippen molar-refractivity contribution in [2.24, 2.45) is 0 Å². The number of halogens is 1. The third-order valence-electron chi connectivity index (χ3n) is 3.50. The predicted molar refractivity (Wildman–Crippen MR) is 83.5 cm³/mol. The van der Waals surface area contributed by atoms with Crippen molar-refractivity contribution < 1.29 is 19.1 Å². The van der Waals surface area contributed by atoms with Gasteiger partial charge in [-0.2, -0.15) is 0 Å². The molecular weight excluding hydrogens is 320 g/mol. The van der Waals surface area contributed by atoms with E-state index < -0.39 is 5.97 Å². The summed E-state index contributed by atoms with van der Waals surface area (Å²) in [5.41, 5.74) is 1.13. The minimum Gasteiger partial charge on any atom is -0.493 e. The number of fused-ring (bicyclic) bond motifs is 1. The van der Waals surface area contributed by atoms with Gasteiger partial charge in [0.2, 0.25) is 0 Å². The first-order chi connectivity index (χ1) is 11.1. The zero-order chi connectivity index (χ0) is 16.2. The quantitative estimate of drug-likeness (QED) is 0.842. The lowest BCUT2D eigenvalue weighted by Crippen LogP contribution is -2.35. The molecule has 6 nitrogen and oxygen atoms in total. The Hall–Kier alpha value is -2.47. The van der Waals surface area contributed by atoms with Crippen molar-refractivity contribution in [3.05, 3.63) is 52.8 Å². The van der Waals surface area contributed by atoms with Gasteiger partial charge in [0, 0.05) is 18.2 Å². The highest BCUT2D eigenvalue weighted by Crippen LogP contribution is 2.31. The summed E-state index contributed by atoms with van der Waals surface area (Å²) < 4.78 is 10.5. The number of aromatic nitrogens is 1. The summed E-state index contributed by atoms with van der Waals surface area (Å²) in [4.78, 5) is 26.4. The van der Waals surface area contributed by atoms with Gasteiger partial charge in [0.25, 0.3) is 5.91 Å². The number of hydrogen-bond acceptors (Lipinski definition) is 4. The van der Waals surface area contributed by atoms with Crippen LogP contribution in [0.15, 0.2) is 36.5 Å². The van der Waals surface area contributed by atoms with Gasteiger partial charge in [-0.1, -0.05) is 29.8 Å². The second-order valence-electron chi connectivity index (χ2n) is 5.10. The van der Waals surface area contributed by atoms with Crippen molar-refractivity contribution in [2.45, 2.75) is 12.5 Å². The number of hydrogen-bond donors (Lipinski definition) is 2. The van der Waals surface area contributed by atoms with E-state index in [0.29, 0.717) is 18.1 Å². The SMILES string of the molecule is O=C(COC(=O)c1cc(Cl)c[nH]1)N[C@@H]1CCOc2ccccc21. The average Bonchev–Trinajstić information content (AvgIpc) is 2.99. The molecule has 3 rings (SSSR count). The van der Waals surface area contributed by atoms with Gasteiger partial charge < -0.3 is 19.8 Å². The molecular formula is C16H15ClN2O4. The van der Waals surface area contributed by atoms with Gasteiger partial charge in [-0.15, -0.1) is 0 Å². The molecule has 1 aliphatic rings. The van der Waals surface area contributed by atoms with Crippen molar-refractivity contribution in [3.63, 3.8) is 0 Å². The summed E-state index contributed by atoms with van der Waals surface area (Å²) >= 11 is 5.71. The number of H-pyrrole nitrogens is 1. The molecule has 1 aromatic heterocycles. The molecule has 2 heterocycles. The van der Waals surface area contributed by atoms with Crippen LogP contribution in [-0.4, -0.2) is 30.1 Å². The second-order valence-corrected chi connectivity index (χ2v) is 5.54. The zero-order valence-corrected chi connectivity index (χ0v) is 12.9. The molecule has 0 unspecified atom stereocenters. The monoisotopic (exact) mass is 334 g/mol. The smallest absolute Gasteiger partial charge is 0.355 e. The number of nitrogens with one attached hydrogen (secondary N) is 2. The van der Waals surface area contributed by atoms with Crippen molar-refractivity contribution in [2.75, 3.05) is 13.2 Å². The van der Waals surface area contributed by atoms with E-state index in [2.05, 4.69) is 10.3 Å². The fourth-order valence-electron chi connectivity index (χ4n) is 2.42. The van der Waals surface area contributed by atoms with Crippen molar-refractivity contribution >= 4 is 23.5 Å². The number of esters is 1. The topological polar surface area (TPSA) is 80.4 Å². The van der Waals surface area contributed by atoms with Crippen LogP contribution in [0.2, 0.25) is 5.02 Å². The van der Waals surface area contributed by atoms with E-state index in [1.54, 1.807) is 0 Å². The van der Waals surface area contributed by atoms with E-state index in [0.717, 1.165) is 11.3 Å². The lowest BCUT2D eigenvalue weighted by Gasteiger charge is -2.26. The Labute approximate surface area is 137 Å². The Morgan fingerprint density at radius 3 is 3.00 bits per heavy atom. The number of rotatable bonds is 4. The molecule has 0 spiro atoms. The van der Waals surface area contributed by atoms with E-state index in [4.69, 9.17) is 21.1 Å². The van der Waals surface area contributed by atoms with Gasteiger partial charge in [0.1, 0.15) is 11.4 Å². The Morgan fingerprint density at radius 1 is 1.39 bits per heavy atom. The number of ether oxygens (including phenoxy) is 2. The molecule has 7 heteroatoms. The summed E-state index contributed by atoms with van der Waals surface area (Å²) in [6.07, 6.45) is 2.14. The van der Waals surface area contributed by atoms with Crippen molar-refractivity contribution in [1.29, 1.82) is 0 Å². The molecule has 1 aliphatic heterocycles. The fraction of sp³-hybridized carbons (Fsp3) is 0.250. The van der Waals surface area contributed by atoms with Gasteiger partial charge in [-0.25, -0.2) is 4.79 Å². The summed E-state index contributed by atoms with van der Waals surface area (Å²) in [7, 11) is 0. The van der Waals surface area contributed by atoms with Gasteiger partial charge in [-0.05, 0) is 12.1 Å². The Balaban J connectivity index is 1.55. The summed E-state index contributed by atoms with van der Waals surface area (Å²) in [5, 5.41) is 3.26. The summed E-state index contributed by atoms with van der Waals surface area (Å²) in [6, 6.07) is 8.84. The lowest BCUT2D eigenvalue weighted by molar-refractivity contribution is -0.125. The molecule has 0 bridgehead atoms. The molecule has 1 aromatic carbocycles. The molecule has 0 saturated carbocycles. The average molecular weight is 335 g/mol. The van der Waals surface area contributed by atoms with E-state index in [9.17, 15) is 9.59 Å². The third-order valence-corrected chi connectivity index (χ3v) is 3.71. The predicted octanol–water partition coefficient (Wildman–Crippen LogP) is 2.46. The first-order valence-electron chi connectivity index (χ1n) is 7.15. The largest absolute Gasteiger partial charge is 0.493 e. The number of carbonyl (C=O) groups excluding carboxylic acids is 2. The molecule has 23 heavy (non-hydrogen) atoms.